The van der Waals surface area contributed by atoms with Crippen molar-refractivity contribution in [3.8, 4) is 17.2 Å². The van der Waals surface area contributed by atoms with Gasteiger partial charge in [-0.3, -0.25) is 0 Å². The second kappa shape index (κ2) is 5.79. The molecular weight excluding hydrogens is 264 g/mol. The molecule has 0 aliphatic heterocycles. The average molecular weight is 280 g/mol. The van der Waals surface area contributed by atoms with E-state index in [1.807, 2.05) is 36.4 Å². The van der Waals surface area contributed by atoms with Gasteiger partial charge in [-0.25, -0.2) is 0 Å². The fourth-order valence-electron chi connectivity index (χ4n) is 2.04. The third-order valence-electron chi connectivity index (χ3n) is 3.28. The molecule has 3 aromatic rings. The summed E-state index contributed by atoms with van der Waals surface area (Å²) in [5.41, 5.74) is 3.31. The van der Waals surface area contributed by atoms with Crippen molar-refractivity contribution in [2.24, 2.45) is 0 Å². The fraction of sp³-hybridized carbons (Fsp3) is 0.176. The highest BCUT2D eigenvalue weighted by Gasteiger charge is 2.06. The normalized spacial score (nSPS) is 10.6. The molecule has 2 aromatic carbocycles. The fourth-order valence-corrected chi connectivity index (χ4v) is 2.04. The first-order valence-electron chi connectivity index (χ1n) is 6.80. The van der Waals surface area contributed by atoms with E-state index in [9.17, 15) is 0 Å². The highest BCUT2D eigenvalue weighted by atomic mass is 16.5. The molecule has 21 heavy (non-hydrogen) atoms. The van der Waals surface area contributed by atoms with Gasteiger partial charge in [0.1, 0.15) is 12.4 Å². The lowest BCUT2D eigenvalue weighted by molar-refractivity contribution is 0.305. The smallest absolute Gasteiger partial charge is 0.247 e. The van der Waals surface area contributed by atoms with E-state index in [0.717, 1.165) is 11.3 Å². The van der Waals surface area contributed by atoms with Gasteiger partial charge in [-0.2, -0.15) is 0 Å². The van der Waals surface area contributed by atoms with Crippen molar-refractivity contribution in [2.75, 3.05) is 0 Å². The lowest BCUT2D eigenvalue weighted by Gasteiger charge is -2.08. The van der Waals surface area contributed by atoms with Crippen LogP contribution in [0.1, 0.15) is 17.0 Å². The Bertz CT molecular complexity index is 733. The average Bonchev–Trinajstić information content (AvgIpc) is 2.94. The van der Waals surface area contributed by atoms with E-state index < -0.39 is 0 Å². The summed E-state index contributed by atoms with van der Waals surface area (Å²) in [5, 5.41) is 7.82. The lowest BCUT2D eigenvalue weighted by Crippen LogP contribution is -1.97. The van der Waals surface area contributed by atoms with E-state index in [-0.39, 0.29) is 0 Å². The minimum absolute atomic E-state index is 0.526. The summed E-state index contributed by atoms with van der Waals surface area (Å²) >= 11 is 0. The van der Waals surface area contributed by atoms with Gasteiger partial charge in [-0.15, -0.1) is 10.2 Å². The molecule has 0 radical (unpaired) electrons. The highest BCUT2D eigenvalue weighted by molar-refractivity contribution is 5.53. The maximum atomic E-state index is 5.80. The molecule has 0 aliphatic carbocycles. The molecule has 0 fully saturated rings. The second-order valence-electron chi connectivity index (χ2n) is 4.87. The van der Waals surface area contributed by atoms with Crippen LogP contribution in [0.5, 0.6) is 5.75 Å². The zero-order valence-corrected chi connectivity index (χ0v) is 12.0. The first-order valence-corrected chi connectivity index (χ1v) is 6.80. The Kier molecular flexibility index (Phi) is 3.69. The SMILES string of the molecule is Cc1nnc(-c2ccc(OCc3ccccc3C)cc2)o1. The number of benzene rings is 2. The third kappa shape index (κ3) is 3.11. The van der Waals surface area contributed by atoms with Crippen LogP contribution in [0.2, 0.25) is 0 Å². The number of hydrogen-bond acceptors (Lipinski definition) is 4. The van der Waals surface area contributed by atoms with Crippen molar-refractivity contribution in [2.45, 2.75) is 20.5 Å². The molecule has 0 amide bonds. The molecule has 0 saturated heterocycles. The Hall–Kier alpha value is -2.62. The zero-order valence-electron chi connectivity index (χ0n) is 12.0. The van der Waals surface area contributed by atoms with E-state index in [2.05, 4.69) is 29.3 Å². The largest absolute Gasteiger partial charge is 0.489 e. The van der Waals surface area contributed by atoms with Crippen molar-refractivity contribution in [1.29, 1.82) is 0 Å². The summed E-state index contributed by atoms with van der Waals surface area (Å²) in [5.74, 6) is 1.90. The van der Waals surface area contributed by atoms with Crippen LogP contribution in [0.3, 0.4) is 0 Å². The van der Waals surface area contributed by atoms with Crippen molar-refractivity contribution < 1.29 is 9.15 Å². The first-order chi connectivity index (χ1) is 10.2. The van der Waals surface area contributed by atoms with Gasteiger partial charge >= 0.3 is 0 Å². The van der Waals surface area contributed by atoms with Crippen molar-refractivity contribution in [3.63, 3.8) is 0 Å². The van der Waals surface area contributed by atoms with Gasteiger partial charge in [0.2, 0.25) is 11.8 Å². The van der Waals surface area contributed by atoms with Crippen LogP contribution >= 0.6 is 0 Å². The lowest BCUT2D eigenvalue weighted by atomic mass is 10.1. The van der Waals surface area contributed by atoms with Crippen molar-refractivity contribution in [3.05, 3.63) is 65.5 Å². The standard InChI is InChI=1S/C17H16N2O2/c1-12-5-3-4-6-15(12)11-20-16-9-7-14(8-10-16)17-19-18-13(2)21-17/h3-10H,11H2,1-2H3. The van der Waals surface area contributed by atoms with Gasteiger partial charge in [-0.05, 0) is 42.3 Å². The Labute approximate surface area is 123 Å². The molecule has 0 N–H and O–H groups in total. The van der Waals surface area contributed by atoms with Crippen LogP contribution in [0.15, 0.2) is 52.9 Å². The van der Waals surface area contributed by atoms with Crippen LogP contribution in [0.4, 0.5) is 0 Å². The summed E-state index contributed by atoms with van der Waals surface area (Å²) in [7, 11) is 0. The summed E-state index contributed by atoms with van der Waals surface area (Å²) in [6.07, 6.45) is 0. The van der Waals surface area contributed by atoms with E-state index in [1.165, 1.54) is 11.1 Å². The molecule has 106 valence electrons. The molecule has 0 spiro atoms. The Morgan fingerprint density at radius 1 is 0.952 bits per heavy atom. The van der Waals surface area contributed by atoms with Crippen LogP contribution in [0.25, 0.3) is 11.5 Å². The number of hydrogen-bond donors (Lipinski definition) is 0. The van der Waals surface area contributed by atoms with E-state index in [4.69, 9.17) is 9.15 Å². The molecular formula is C17H16N2O2. The van der Waals surface area contributed by atoms with Gasteiger partial charge in [-0.1, -0.05) is 24.3 Å². The van der Waals surface area contributed by atoms with Crippen LogP contribution in [0, 0.1) is 13.8 Å². The van der Waals surface area contributed by atoms with E-state index in [1.54, 1.807) is 6.92 Å². The van der Waals surface area contributed by atoms with E-state index >= 15 is 0 Å². The van der Waals surface area contributed by atoms with Gasteiger partial charge in [0.15, 0.2) is 0 Å². The molecule has 4 nitrogen and oxygen atoms in total. The monoisotopic (exact) mass is 280 g/mol. The predicted molar refractivity (Wildman–Crippen MR) is 80.0 cm³/mol. The second-order valence-corrected chi connectivity index (χ2v) is 4.87. The van der Waals surface area contributed by atoms with Gasteiger partial charge in [0.25, 0.3) is 0 Å². The number of aromatic nitrogens is 2. The molecule has 3 rings (SSSR count). The van der Waals surface area contributed by atoms with Crippen LogP contribution in [-0.2, 0) is 6.61 Å². The summed E-state index contributed by atoms with van der Waals surface area (Å²) in [6, 6.07) is 15.9. The van der Waals surface area contributed by atoms with Crippen LogP contribution in [-0.4, -0.2) is 10.2 Å². The summed E-state index contributed by atoms with van der Waals surface area (Å²) in [4.78, 5) is 0. The van der Waals surface area contributed by atoms with E-state index in [0.29, 0.717) is 18.4 Å². The molecule has 1 heterocycles. The molecule has 0 unspecified atom stereocenters. The Morgan fingerprint density at radius 2 is 1.71 bits per heavy atom. The Morgan fingerprint density at radius 3 is 2.38 bits per heavy atom. The molecule has 0 atom stereocenters. The van der Waals surface area contributed by atoms with Gasteiger partial charge in [0.05, 0.1) is 0 Å². The van der Waals surface area contributed by atoms with Crippen LogP contribution < -0.4 is 4.74 Å². The highest BCUT2D eigenvalue weighted by Crippen LogP contribution is 2.22. The number of rotatable bonds is 4. The summed E-state index contributed by atoms with van der Waals surface area (Å²) in [6.45, 7) is 4.42. The minimum Gasteiger partial charge on any atom is -0.489 e. The molecule has 0 bridgehead atoms. The molecule has 0 aliphatic rings. The number of aryl methyl sites for hydroxylation is 2. The zero-order chi connectivity index (χ0) is 14.7. The van der Waals surface area contributed by atoms with Gasteiger partial charge in [0, 0.05) is 12.5 Å². The predicted octanol–water partition coefficient (Wildman–Crippen LogP) is 3.93. The number of ether oxygens (including phenoxy) is 1. The minimum atomic E-state index is 0.526. The maximum Gasteiger partial charge on any atom is 0.247 e. The van der Waals surface area contributed by atoms with Gasteiger partial charge < -0.3 is 9.15 Å². The molecule has 4 heteroatoms. The molecule has 0 saturated carbocycles. The first kappa shape index (κ1) is 13.4. The third-order valence-corrected chi connectivity index (χ3v) is 3.28. The number of nitrogens with zero attached hydrogens (tertiary/aromatic N) is 2. The molecule has 1 aromatic heterocycles. The summed E-state index contributed by atoms with van der Waals surface area (Å²) < 4.78 is 11.2. The topological polar surface area (TPSA) is 48.2 Å². The van der Waals surface area contributed by atoms with Crippen molar-refractivity contribution in [1.82, 2.24) is 10.2 Å². The Balaban J connectivity index is 1.69. The maximum absolute atomic E-state index is 5.80. The van der Waals surface area contributed by atoms with Crippen molar-refractivity contribution >= 4 is 0 Å². The quantitative estimate of drug-likeness (QED) is 0.726.